The second kappa shape index (κ2) is 9.24. The summed E-state index contributed by atoms with van der Waals surface area (Å²) in [5, 5.41) is 5.59. The molecule has 2 rings (SSSR count). The van der Waals surface area contributed by atoms with Gasteiger partial charge in [0.25, 0.3) is 0 Å². The third-order valence-corrected chi connectivity index (χ3v) is 3.60. The van der Waals surface area contributed by atoms with E-state index in [1.807, 2.05) is 49.4 Å². The molecular weight excluding hydrogens is 316 g/mol. The lowest BCUT2D eigenvalue weighted by atomic mass is 10.1. The number of nitrogens with one attached hydrogen (secondary N) is 2. The van der Waals surface area contributed by atoms with Gasteiger partial charge in [0.05, 0.1) is 26.8 Å². The van der Waals surface area contributed by atoms with E-state index in [1.165, 1.54) is 0 Å². The normalized spacial score (nSPS) is 10.8. The number of ether oxygens (including phenoxy) is 2. The number of rotatable bonds is 5. The summed E-state index contributed by atoms with van der Waals surface area (Å²) in [6.45, 7) is 2.16. The Balaban J connectivity index is 1.89. The van der Waals surface area contributed by atoms with Crippen molar-refractivity contribution in [3.63, 3.8) is 0 Å². The van der Waals surface area contributed by atoms with Crippen LogP contribution in [0.25, 0.3) is 0 Å². The average molecular weight is 338 g/mol. The maximum atomic E-state index is 12.0. The van der Waals surface area contributed by atoms with Gasteiger partial charge in [-0.25, -0.2) is 4.79 Å². The summed E-state index contributed by atoms with van der Waals surface area (Å²) in [5.74, 6) is 7.27. The lowest BCUT2D eigenvalue weighted by molar-refractivity contribution is 0.239. The number of hydrogen-bond donors (Lipinski definition) is 2. The molecule has 2 aromatic carbocycles. The van der Waals surface area contributed by atoms with Crippen molar-refractivity contribution in [1.29, 1.82) is 0 Å². The molecule has 5 nitrogen and oxygen atoms in total. The Labute approximate surface area is 148 Å². The van der Waals surface area contributed by atoms with E-state index in [-0.39, 0.29) is 18.6 Å². The molecule has 0 aromatic heterocycles. The third kappa shape index (κ3) is 5.47. The van der Waals surface area contributed by atoms with Crippen molar-refractivity contribution in [3.05, 3.63) is 59.7 Å². The van der Waals surface area contributed by atoms with Gasteiger partial charge < -0.3 is 20.1 Å². The molecule has 0 heterocycles. The molecule has 0 bridgehead atoms. The zero-order valence-electron chi connectivity index (χ0n) is 14.6. The monoisotopic (exact) mass is 338 g/mol. The first kappa shape index (κ1) is 18.2. The summed E-state index contributed by atoms with van der Waals surface area (Å²) in [7, 11) is 3.18. The summed E-state index contributed by atoms with van der Waals surface area (Å²) >= 11 is 0. The Bertz CT molecular complexity index is 764. The molecule has 2 amide bonds. The molecule has 130 valence electrons. The topological polar surface area (TPSA) is 59.6 Å². The minimum absolute atomic E-state index is 0.220. The third-order valence-electron chi connectivity index (χ3n) is 3.60. The van der Waals surface area contributed by atoms with E-state index in [0.29, 0.717) is 11.5 Å². The van der Waals surface area contributed by atoms with Crippen LogP contribution in [-0.2, 0) is 0 Å². The van der Waals surface area contributed by atoms with Crippen molar-refractivity contribution >= 4 is 6.03 Å². The highest BCUT2D eigenvalue weighted by molar-refractivity contribution is 5.74. The Morgan fingerprint density at radius 1 is 1.12 bits per heavy atom. The van der Waals surface area contributed by atoms with Gasteiger partial charge in [0.15, 0.2) is 0 Å². The maximum Gasteiger partial charge on any atom is 0.316 e. The number of methoxy groups -OCH3 is 2. The Morgan fingerprint density at radius 3 is 2.56 bits per heavy atom. The molecule has 0 aliphatic carbocycles. The van der Waals surface area contributed by atoms with E-state index >= 15 is 0 Å². The van der Waals surface area contributed by atoms with Gasteiger partial charge in [-0.3, -0.25) is 0 Å². The molecule has 5 heteroatoms. The van der Waals surface area contributed by atoms with Crippen LogP contribution in [0.3, 0.4) is 0 Å². The molecular formula is C20H22N2O3. The minimum Gasteiger partial charge on any atom is -0.497 e. The van der Waals surface area contributed by atoms with Crippen LogP contribution >= 0.6 is 0 Å². The summed E-state index contributed by atoms with van der Waals surface area (Å²) in [5.41, 5.74) is 1.79. The molecule has 0 saturated heterocycles. The van der Waals surface area contributed by atoms with Gasteiger partial charge in [0.1, 0.15) is 11.5 Å². The van der Waals surface area contributed by atoms with Crippen LogP contribution < -0.4 is 20.1 Å². The van der Waals surface area contributed by atoms with E-state index in [0.717, 1.165) is 11.1 Å². The molecule has 0 radical (unpaired) electrons. The minimum atomic E-state index is -0.285. The van der Waals surface area contributed by atoms with Gasteiger partial charge in [-0.15, -0.1) is 0 Å². The molecule has 1 atom stereocenters. The summed E-state index contributed by atoms with van der Waals surface area (Å²) in [6.07, 6.45) is 0. The quantitative estimate of drug-likeness (QED) is 0.824. The molecule has 2 aromatic rings. The molecule has 0 aliphatic heterocycles. The first-order chi connectivity index (χ1) is 12.1. The standard InChI is InChI=1S/C20H22N2O3/c1-15(18-12-11-17(24-2)14-19(18)25-3)22-20(23)21-13-7-10-16-8-5-4-6-9-16/h4-6,8-9,11-12,14-15H,13H2,1-3H3,(H2,21,22,23). The number of carbonyl (C=O) groups is 1. The second-order valence-corrected chi connectivity index (χ2v) is 5.32. The lowest BCUT2D eigenvalue weighted by Crippen LogP contribution is -2.37. The zero-order valence-corrected chi connectivity index (χ0v) is 14.6. The van der Waals surface area contributed by atoms with E-state index in [1.54, 1.807) is 20.3 Å². The lowest BCUT2D eigenvalue weighted by Gasteiger charge is -2.18. The van der Waals surface area contributed by atoms with Crippen molar-refractivity contribution in [2.75, 3.05) is 20.8 Å². The van der Waals surface area contributed by atoms with E-state index in [2.05, 4.69) is 22.5 Å². The molecule has 0 spiro atoms. The van der Waals surface area contributed by atoms with Crippen LogP contribution in [0, 0.1) is 11.8 Å². The molecule has 2 N–H and O–H groups in total. The molecule has 0 fully saturated rings. The van der Waals surface area contributed by atoms with Crippen LogP contribution in [-0.4, -0.2) is 26.8 Å². The Morgan fingerprint density at radius 2 is 1.88 bits per heavy atom. The predicted molar refractivity (Wildman–Crippen MR) is 97.8 cm³/mol. The number of urea groups is 1. The van der Waals surface area contributed by atoms with E-state index in [4.69, 9.17) is 9.47 Å². The smallest absolute Gasteiger partial charge is 0.316 e. The fraction of sp³-hybridized carbons (Fsp3) is 0.250. The van der Waals surface area contributed by atoms with Crippen molar-refractivity contribution in [2.45, 2.75) is 13.0 Å². The van der Waals surface area contributed by atoms with Gasteiger partial charge in [-0.05, 0) is 31.2 Å². The zero-order chi connectivity index (χ0) is 18.1. The van der Waals surface area contributed by atoms with E-state index in [9.17, 15) is 4.79 Å². The SMILES string of the molecule is COc1ccc(C(C)NC(=O)NCC#Cc2ccccc2)c(OC)c1. The number of carbonyl (C=O) groups excluding carboxylic acids is 1. The first-order valence-corrected chi connectivity index (χ1v) is 7.94. The fourth-order valence-corrected chi connectivity index (χ4v) is 2.29. The highest BCUT2D eigenvalue weighted by atomic mass is 16.5. The van der Waals surface area contributed by atoms with Gasteiger partial charge in [-0.2, -0.15) is 0 Å². The Kier molecular flexibility index (Phi) is 6.73. The number of benzene rings is 2. The number of hydrogen-bond acceptors (Lipinski definition) is 3. The summed E-state index contributed by atoms with van der Waals surface area (Å²) in [4.78, 5) is 12.0. The largest absolute Gasteiger partial charge is 0.497 e. The van der Waals surface area contributed by atoms with Crippen LogP contribution in [0.5, 0.6) is 11.5 Å². The fourth-order valence-electron chi connectivity index (χ4n) is 2.29. The van der Waals surface area contributed by atoms with Crippen LogP contribution in [0.1, 0.15) is 24.1 Å². The summed E-state index contributed by atoms with van der Waals surface area (Å²) < 4.78 is 10.5. The predicted octanol–water partition coefficient (Wildman–Crippen LogP) is 3.12. The molecule has 0 aliphatic rings. The second-order valence-electron chi connectivity index (χ2n) is 5.32. The van der Waals surface area contributed by atoms with Crippen molar-refractivity contribution < 1.29 is 14.3 Å². The van der Waals surface area contributed by atoms with Crippen LogP contribution in [0.2, 0.25) is 0 Å². The molecule has 1 unspecified atom stereocenters. The summed E-state index contributed by atoms with van der Waals surface area (Å²) in [6, 6.07) is 14.6. The maximum absolute atomic E-state index is 12.0. The Hall–Kier alpha value is -3.13. The van der Waals surface area contributed by atoms with Crippen molar-refractivity contribution in [3.8, 4) is 23.3 Å². The van der Waals surface area contributed by atoms with Crippen molar-refractivity contribution in [2.24, 2.45) is 0 Å². The van der Waals surface area contributed by atoms with Gasteiger partial charge >= 0.3 is 6.03 Å². The van der Waals surface area contributed by atoms with Gasteiger partial charge in [0, 0.05) is 17.2 Å². The highest BCUT2D eigenvalue weighted by Gasteiger charge is 2.14. The molecule has 0 saturated carbocycles. The first-order valence-electron chi connectivity index (χ1n) is 7.94. The van der Waals surface area contributed by atoms with Gasteiger partial charge in [0.2, 0.25) is 0 Å². The van der Waals surface area contributed by atoms with Gasteiger partial charge in [-0.1, -0.05) is 30.0 Å². The van der Waals surface area contributed by atoms with Crippen LogP contribution in [0.15, 0.2) is 48.5 Å². The number of amides is 2. The van der Waals surface area contributed by atoms with Crippen LogP contribution in [0.4, 0.5) is 4.79 Å². The van der Waals surface area contributed by atoms with E-state index < -0.39 is 0 Å². The average Bonchev–Trinajstić information content (AvgIpc) is 2.65. The molecule has 25 heavy (non-hydrogen) atoms. The highest BCUT2D eigenvalue weighted by Crippen LogP contribution is 2.29. The van der Waals surface area contributed by atoms with Crippen molar-refractivity contribution in [1.82, 2.24) is 10.6 Å².